The summed E-state index contributed by atoms with van der Waals surface area (Å²) >= 11 is 1.35. The molecular formula is C22H24FNO3S. The van der Waals surface area contributed by atoms with Crippen LogP contribution in [0.4, 0.5) is 10.1 Å². The molecule has 1 saturated heterocycles. The Bertz CT molecular complexity index is 919. The zero-order chi connectivity index (χ0) is 19.9. The minimum Gasteiger partial charge on any atom is -0.385 e. The second-order valence-electron chi connectivity index (χ2n) is 7.63. The van der Waals surface area contributed by atoms with Crippen molar-refractivity contribution in [3.63, 3.8) is 0 Å². The Labute approximate surface area is 168 Å². The molecule has 0 radical (unpaired) electrons. The molecule has 2 aromatic rings. The molecule has 2 atom stereocenters. The number of nitrogens with zero attached hydrogens (tertiary/aromatic N) is 1. The van der Waals surface area contributed by atoms with Crippen molar-refractivity contribution >= 4 is 23.4 Å². The number of amides is 1. The van der Waals surface area contributed by atoms with Gasteiger partial charge in [-0.05, 0) is 43.2 Å². The van der Waals surface area contributed by atoms with E-state index in [1.807, 2.05) is 37.3 Å². The average molecular weight is 402 g/mol. The van der Waals surface area contributed by atoms with E-state index in [0.29, 0.717) is 48.4 Å². The number of carbonyl (C=O) groups excluding carboxylic acids is 1. The summed E-state index contributed by atoms with van der Waals surface area (Å²) in [6.45, 7) is 2.49. The summed E-state index contributed by atoms with van der Waals surface area (Å²) in [5.74, 6) is -0.246. The SMILES string of the molecule is C[C@H]1C[C@@](O)(c2cccc(Sc3ccc4c(c3F)CCC(=O)N4C)c2)CCO1. The third-order valence-electron chi connectivity index (χ3n) is 5.65. The van der Waals surface area contributed by atoms with Crippen LogP contribution in [-0.4, -0.2) is 30.8 Å². The molecule has 0 saturated carbocycles. The summed E-state index contributed by atoms with van der Waals surface area (Å²) in [6.07, 6.45) is 1.87. The van der Waals surface area contributed by atoms with Crippen molar-refractivity contribution in [3.05, 3.63) is 53.3 Å². The van der Waals surface area contributed by atoms with Gasteiger partial charge in [-0.15, -0.1) is 0 Å². The van der Waals surface area contributed by atoms with Crippen LogP contribution < -0.4 is 4.90 Å². The van der Waals surface area contributed by atoms with Crippen LogP contribution in [-0.2, 0) is 21.6 Å². The van der Waals surface area contributed by atoms with Crippen LogP contribution in [0.3, 0.4) is 0 Å². The van der Waals surface area contributed by atoms with Gasteiger partial charge in [0.25, 0.3) is 0 Å². The van der Waals surface area contributed by atoms with Gasteiger partial charge < -0.3 is 14.7 Å². The first-order chi connectivity index (χ1) is 13.4. The van der Waals surface area contributed by atoms with Crippen molar-refractivity contribution in [1.29, 1.82) is 0 Å². The van der Waals surface area contributed by atoms with Gasteiger partial charge in [0.05, 0.1) is 18.3 Å². The highest BCUT2D eigenvalue weighted by Crippen LogP contribution is 2.40. The van der Waals surface area contributed by atoms with Gasteiger partial charge in [0.15, 0.2) is 0 Å². The summed E-state index contributed by atoms with van der Waals surface area (Å²) < 4.78 is 20.7. The van der Waals surface area contributed by atoms with E-state index in [9.17, 15) is 9.90 Å². The van der Waals surface area contributed by atoms with Crippen molar-refractivity contribution in [2.75, 3.05) is 18.6 Å². The second kappa shape index (κ2) is 7.50. The van der Waals surface area contributed by atoms with Crippen LogP contribution in [0.1, 0.15) is 37.3 Å². The molecule has 4 rings (SSSR count). The van der Waals surface area contributed by atoms with Gasteiger partial charge in [-0.2, -0.15) is 0 Å². The number of carbonyl (C=O) groups is 1. The fourth-order valence-electron chi connectivity index (χ4n) is 4.06. The van der Waals surface area contributed by atoms with E-state index in [0.717, 1.165) is 10.5 Å². The largest absolute Gasteiger partial charge is 0.385 e. The molecule has 2 aromatic carbocycles. The van der Waals surface area contributed by atoms with Gasteiger partial charge in [-0.1, -0.05) is 23.9 Å². The number of benzene rings is 2. The van der Waals surface area contributed by atoms with E-state index in [1.165, 1.54) is 16.7 Å². The summed E-state index contributed by atoms with van der Waals surface area (Å²) in [4.78, 5) is 14.8. The molecule has 148 valence electrons. The van der Waals surface area contributed by atoms with Crippen LogP contribution in [0.5, 0.6) is 0 Å². The summed E-state index contributed by atoms with van der Waals surface area (Å²) in [6, 6.07) is 11.2. The van der Waals surface area contributed by atoms with Crippen LogP contribution in [0, 0.1) is 5.82 Å². The predicted octanol–water partition coefficient (Wildman–Crippen LogP) is 4.27. The molecule has 1 N–H and O–H groups in total. The molecule has 2 heterocycles. The average Bonchev–Trinajstić information content (AvgIpc) is 2.67. The number of rotatable bonds is 3. The summed E-state index contributed by atoms with van der Waals surface area (Å²) in [5, 5.41) is 11.1. The maximum Gasteiger partial charge on any atom is 0.227 e. The van der Waals surface area contributed by atoms with E-state index >= 15 is 4.39 Å². The Hall–Kier alpha value is -1.89. The highest BCUT2D eigenvalue weighted by Gasteiger charge is 2.35. The van der Waals surface area contributed by atoms with Crippen molar-refractivity contribution in [2.45, 2.75) is 54.1 Å². The van der Waals surface area contributed by atoms with Crippen LogP contribution >= 0.6 is 11.8 Å². The van der Waals surface area contributed by atoms with Crippen LogP contribution in [0.2, 0.25) is 0 Å². The third-order valence-corrected chi connectivity index (χ3v) is 6.67. The minimum atomic E-state index is -0.911. The first-order valence-electron chi connectivity index (χ1n) is 9.58. The maximum absolute atomic E-state index is 15.1. The third kappa shape index (κ3) is 3.56. The lowest BCUT2D eigenvalue weighted by Crippen LogP contribution is -2.37. The van der Waals surface area contributed by atoms with E-state index in [-0.39, 0.29) is 17.8 Å². The van der Waals surface area contributed by atoms with E-state index in [1.54, 1.807) is 13.1 Å². The maximum atomic E-state index is 15.1. The first-order valence-corrected chi connectivity index (χ1v) is 10.4. The number of halogens is 1. The highest BCUT2D eigenvalue weighted by atomic mass is 32.2. The highest BCUT2D eigenvalue weighted by molar-refractivity contribution is 7.99. The standard InChI is InChI=1S/C22H24FNO3S/c1-14-13-22(26,10-11-27-14)15-4-3-5-16(12-15)28-19-8-7-18-17(21(19)23)6-9-20(25)24(18)2/h3-5,7-8,12,14,26H,6,9-11,13H2,1-2H3/t14-,22+/m0/s1. The number of anilines is 1. The predicted molar refractivity (Wildman–Crippen MR) is 107 cm³/mol. The summed E-state index contributed by atoms with van der Waals surface area (Å²) in [7, 11) is 1.69. The molecule has 1 amide bonds. The molecule has 0 unspecified atom stereocenters. The van der Waals surface area contributed by atoms with Crippen molar-refractivity contribution in [1.82, 2.24) is 0 Å². The summed E-state index contributed by atoms with van der Waals surface area (Å²) in [5.41, 5.74) is 1.18. The molecule has 1 fully saturated rings. The Morgan fingerprint density at radius 1 is 1.29 bits per heavy atom. The zero-order valence-corrected chi connectivity index (χ0v) is 16.9. The Balaban J connectivity index is 1.61. The number of hydrogen-bond acceptors (Lipinski definition) is 4. The van der Waals surface area contributed by atoms with Crippen molar-refractivity contribution < 1.29 is 19.0 Å². The fraction of sp³-hybridized carbons (Fsp3) is 0.409. The van der Waals surface area contributed by atoms with E-state index < -0.39 is 5.60 Å². The molecule has 0 aliphatic carbocycles. The molecule has 0 spiro atoms. The van der Waals surface area contributed by atoms with Gasteiger partial charge in [-0.25, -0.2) is 4.39 Å². The molecule has 0 aromatic heterocycles. The van der Waals surface area contributed by atoms with Crippen LogP contribution in [0.15, 0.2) is 46.2 Å². The lowest BCUT2D eigenvalue weighted by Gasteiger charge is -2.36. The number of ether oxygens (including phenoxy) is 1. The lowest BCUT2D eigenvalue weighted by molar-refractivity contribution is -0.118. The molecule has 6 heteroatoms. The number of aliphatic hydroxyl groups is 1. The quantitative estimate of drug-likeness (QED) is 0.834. The van der Waals surface area contributed by atoms with Gasteiger partial charge >= 0.3 is 0 Å². The lowest BCUT2D eigenvalue weighted by atomic mass is 9.84. The Morgan fingerprint density at radius 2 is 2.11 bits per heavy atom. The van der Waals surface area contributed by atoms with E-state index in [2.05, 4.69) is 0 Å². The molecule has 2 aliphatic heterocycles. The molecular weight excluding hydrogens is 377 g/mol. The Morgan fingerprint density at radius 3 is 2.89 bits per heavy atom. The Kier molecular flexibility index (Phi) is 5.21. The first kappa shape index (κ1) is 19.4. The second-order valence-corrected chi connectivity index (χ2v) is 8.74. The van der Waals surface area contributed by atoms with Gasteiger partial charge in [0, 0.05) is 47.4 Å². The minimum absolute atomic E-state index is 0.00727. The van der Waals surface area contributed by atoms with Gasteiger partial charge in [0.1, 0.15) is 5.82 Å². The van der Waals surface area contributed by atoms with E-state index in [4.69, 9.17) is 4.74 Å². The van der Waals surface area contributed by atoms with Crippen LogP contribution in [0.25, 0.3) is 0 Å². The zero-order valence-electron chi connectivity index (χ0n) is 16.1. The van der Waals surface area contributed by atoms with Gasteiger partial charge in [0.2, 0.25) is 5.91 Å². The van der Waals surface area contributed by atoms with Gasteiger partial charge in [-0.3, -0.25) is 4.79 Å². The van der Waals surface area contributed by atoms with Crippen molar-refractivity contribution in [2.24, 2.45) is 0 Å². The number of fused-ring (bicyclic) bond motifs is 1. The fourth-order valence-corrected chi connectivity index (χ4v) is 4.99. The molecule has 0 bridgehead atoms. The van der Waals surface area contributed by atoms with Crippen molar-refractivity contribution in [3.8, 4) is 0 Å². The number of hydrogen-bond donors (Lipinski definition) is 1. The smallest absolute Gasteiger partial charge is 0.227 e. The monoisotopic (exact) mass is 401 g/mol. The normalized spacial score (nSPS) is 24.9. The topological polar surface area (TPSA) is 49.8 Å². The molecule has 4 nitrogen and oxygen atoms in total. The molecule has 28 heavy (non-hydrogen) atoms. The molecule has 2 aliphatic rings.